The Morgan fingerprint density at radius 3 is 3.13 bits per heavy atom. The van der Waals surface area contributed by atoms with Crippen LogP contribution in [-0.2, 0) is 0 Å². The molecule has 1 aliphatic rings. The van der Waals surface area contributed by atoms with Crippen molar-refractivity contribution in [3.05, 3.63) is 23.1 Å². The zero-order chi connectivity index (χ0) is 10.8. The zero-order valence-electron chi connectivity index (χ0n) is 8.41. The highest BCUT2D eigenvalue weighted by Crippen LogP contribution is 2.25. The fraction of sp³-hybridized carbons (Fsp3) is 0.500. The van der Waals surface area contributed by atoms with Gasteiger partial charge in [0.2, 0.25) is 0 Å². The molecule has 2 nitrogen and oxygen atoms in total. The maximum atomic E-state index is 13.6. The molecule has 0 amide bonds. The number of hydrogen-bond acceptors (Lipinski definition) is 3. The maximum absolute atomic E-state index is 13.6. The summed E-state index contributed by atoms with van der Waals surface area (Å²) in [6, 6.07) is 1.64. The Morgan fingerprint density at radius 2 is 2.47 bits per heavy atom. The van der Waals surface area contributed by atoms with E-state index in [1.807, 2.05) is 16.7 Å². The topological polar surface area (TPSA) is 16.1 Å². The molecule has 15 heavy (non-hydrogen) atoms. The molecule has 0 bridgehead atoms. The largest absolute Gasteiger partial charge is 0.350 e. The van der Waals surface area contributed by atoms with Crippen molar-refractivity contribution in [1.82, 2.24) is 4.98 Å². The molecule has 0 aromatic carbocycles. The maximum Gasteiger partial charge on any atom is 0.167 e. The van der Waals surface area contributed by atoms with Gasteiger partial charge in [-0.25, -0.2) is 9.37 Å². The fourth-order valence-corrected chi connectivity index (χ4v) is 2.82. The van der Waals surface area contributed by atoms with Gasteiger partial charge in [0.1, 0.15) is 0 Å². The molecule has 2 heterocycles. The summed E-state index contributed by atoms with van der Waals surface area (Å²) in [5.41, 5.74) is 0. The molecule has 0 N–H and O–H groups in total. The first-order valence-corrected chi connectivity index (χ1v) is 6.37. The van der Waals surface area contributed by atoms with Crippen LogP contribution in [0, 0.1) is 5.82 Å². The third kappa shape index (κ3) is 2.37. The minimum Gasteiger partial charge on any atom is -0.350 e. The summed E-state index contributed by atoms with van der Waals surface area (Å²) in [5, 5.41) is 0.343. The van der Waals surface area contributed by atoms with E-state index in [0.29, 0.717) is 16.9 Å². The molecule has 5 heteroatoms. The Labute approximate surface area is 97.8 Å². The van der Waals surface area contributed by atoms with Gasteiger partial charge in [0.25, 0.3) is 0 Å². The Hall–Kier alpha value is -0.480. The molecule has 0 radical (unpaired) electrons. The molecule has 0 spiro atoms. The van der Waals surface area contributed by atoms with Gasteiger partial charge < -0.3 is 4.90 Å². The summed E-state index contributed by atoms with van der Waals surface area (Å²) >= 11 is 7.56. The van der Waals surface area contributed by atoms with Gasteiger partial charge in [0.05, 0.1) is 5.02 Å². The van der Waals surface area contributed by atoms with E-state index >= 15 is 0 Å². The van der Waals surface area contributed by atoms with Crippen LogP contribution in [0.3, 0.4) is 0 Å². The van der Waals surface area contributed by atoms with E-state index in [4.69, 9.17) is 11.6 Å². The molecule has 1 saturated heterocycles. The second-order valence-corrected chi connectivity index (χ2v) is 5.16. The van der Waals surface area contributed by atoms with Gasteiger partial charge in [-0.1, -0.05) is 11.6 Å². The minimum atomic E-state index is -0.332. The van der Waals surface area contributed by atoms with E-state index < -0.39 is 0 Å². The van der Waals surface area contributed by atoms with Crippen LogP contribution in [0.15, 0.2) is 12.3 Å². The molecular formula is C10H12ClFN2S. The molecule has 1 aromatic rings. The lowest BCUT2D eigenvalue weighted by Gasteiger charge is -2.34. The number of rotatable bonds is 1. The number of anilines is 1. The van der Waals surface area contributed by atoms with Crippen LogP contribution in [0.2, 0.25) is 5.02 Å². The van der Waals surface area contributed by atoms with Crippen molar-refractivity contribution in [3.8, 4) is 0 Å². The predicted molar refractivity (Wildman–Crippen MR) is 63.3 cm³/mol. The number of thioether (sulfide) groups is 1. The number of halogens is 2. The first kappa shape index (κ1) is 11.0. The van der Waals surface area contributed by atoms with Gasteiger partial charge in [0.15, 0.2) is 11.6 Å². The summed E-state index contributed by atoms with van der Waals surface area (Å²) in [7, 11) is 0. The lowest BCUT2D eigenvalue weighted by molar-refractivity contribution is 0.594. The van der Waals surface area contributed by atoms with E-state index in [2.05, 4.69) is 11.9 Å². The van der Waals surface area contributed by atoms with Gasteiger partial charge >= 0.3 is 0 Å². The molecule has 82 valence electrons. The molecule has 1 aromatic heterocycles. The fourth-order valence-electron chi connectivity index (χ4n) is 1.66. The van der Waals surface area contributed by atoms with Crippen molar-refractivity contribution in [1.29, 1.82) is 0 Å². The van der Waals surface area contributed by atoms with E-state index in [1.54, 1.807) is 0 Å². The van der Waals surface area contributed by atoms with E-state index in [1.165, 1.54) is 12.3 Å². The molecule has 1 fully saturated rings. The van der Waals surface area contributed by atoms with Crippen molar-refractivity contribution in [2.24, 2.45) is 0 Å². The molecule has 2 rings (SSSR count). The highest BCUT2D eigenvalue weighted by Gasteiger charge is 2.22. The SMILES string of the molecule is CC1CSCCN1c1ncc(Cl)cc1F. The van der Waals surface area contributed by atoms with Gasteiger partial charge in [-0.15, -0.1) is 0 Å². The second kappa shape index (κ2) is 4.58. The standard InChI is InChI=1S/C10H12ClFN2S/c1-7-6-15-3-2-14(7)10-9(12)4-8(11)5-13-10/h4-5,7H,2-3,6H2,1H3. The lowest BCUT2D eigenvalue weighted by Crippen LogP contribution is -2.41. The Bertz CT molecular complexity index is 361. The van der Waals surface area contributed by atoms with E-state index in [-0.39, 0.29) is 5.82 Å². The minimum absolute atomic E-state index is 0.326. The lowest BCUT2D eigenvalue weighted by atomic mass is 10.3. The van der Waals surface area contributed by atoms with Gasteiger partial charge in [0, 0.05) is 30.3 Å². The van der Waals surface area contributed by atoms with Crippen molar-refractivity contribution in [3.63, 3.8) is 0 Å². The van der Waals surface area contributed by atoms with E-state index in [0.717, 1.165) is 18.1 Å². The Morgan fingerprint density at radius 1 is 1.67 bits per heavy atom. The third-order valence-electron chi connectivity index (χ3n) is 2.43. The summed E-state index contributed by atoms with van der Waals surface area (Å²) in [4.78, 5) is 6.06. The van der Waals surface area contributed by atoms with Crippen LogP contribution in [0.4, 0.5) is 10.2 Å². The van der Waals surface area contributed by atoms with Crippen LogP contribution in [0.25, 0.3) is 0 Å². The highest BCUT2D eigenvalue weighted by molar-refractivity contribution is 7.99. The monoisotopic (exact) mass is 246 g/mol. The Balaban J connectivity index is 2.27. The summed E-state index contributed by atoms with van der Waals surface area (Å²) in [5.74, 6) is 2.13. The van der Waals surface area contributed by atoms with Crippen molar-refractivity contribution in [2.75, 3.05) is 23.0 Å². The summed E-state index contributed by atoms with van der Waals surface area (Å²) < 4.78 is 13.6. The molecule has 1 aliphatic heterocycles. The van der Waals surface area contributed by atoms with Crippen LogP contribution in [0.1, 0.15) is 6.92 Å². The smallest absolute Gasteiger partial charge is 0.167 e. The predicted octanol–water partition coefficient (Wildman–Crippen LogP) is 2.82. The van der Waals surface area contributed by atoms with Gasteiger partial charge in [-0.05, 0) is 13.0 Å². The molecule has 0 aliphatic carbocycles. The van der Waals surface area contributed by atoms with Crippen molar-refractivity contribution >= 4 is 29.2 Å². The molecular weight excluding hydrogens is 235 g/mol. The average Bonchev–Trinajstić information content (AvgIpc) is 2.20. The van der Waals surface area contributed by atoms with Gasteiger partial charge in [-0.2, -0.15) is 11.8 Å². The molecule has 1 unspecified atom stereocenters. The first-order valence-electron chi connectivity index (χ1n) is 4.84. The van der Waals surface area contributed by atoms with Crippen molar-refractivity contribution in [2.45, 2.75) is 13.0 Å². The van der Waals surface area contributed by atoms with Crippen LogP contribution in [0.5, 0.6) is 0 Å². The second-order valence-electron chi connectivity index (χ2n) is 3.58. The van der Waals surface area contributed by atoms with Crippen LogP contribution in [-0.4, -0.2) is 29.1 Å². The number of nitrogens with zero attached hydrogens (tertiary/aromatic N) is 2. The van der Waals surface area contributed by atoms with Crippen LogP contribution < -0.4 is 4.90 Å². The van der Waals surface area contributed by atoms with Crippen molar-refractivity contribution < 1.29 is 4.39 Å². The molecule has 0 saturated carbocycles. The zero-order valence-corrected chi connectivity index (χ0v) is 9.98. The van der Waals surface area contributed by atoms with Crippen LogP contribution >= 0.6 is 23.4 Å². The molecule has 1 atom stereocenters. The quantitative estimate of drug-likeness (QED) is 0.758. The highest BCUT2D eigenvalue weighted by atomic mass is 35.5. The Kier molecular flexibility index (Phi) is 3.36. The van der Waals surface area contributed by atoms with E-state index in [9.17, 15) is 4.39 Å². The van der Waals surface area contributed by atoms with Gasteiger partial charge in [-0.3, -0.25) is 0 Å². The average molecular weight is 247 g/mol. The summed E-state index contributed by atoms with van der Waals surface area (Å²) in [6.07, 6.45) is 1.49. The first-order chi connectivity index (χ1) is 7.18. The normalized spacial score (nSPS) is 21.8. The summed E-state index contributed by atoms with van der Waals surface area (Å²) in [6.45, 7) is 2.93. The number of hydrogen-bond donors (Lipinski definition) is 0. The third-order valence-corrected chi connectivity index (χ3v) is 3.82. The number of pyridine rings is 1. The number of aromatic nitrogens is 1.